The van der Waals surface area contributed by atoms with Crippen LogP contribution in [0.15, 0.2) is 97.2 Å². The zero-order chi connectivity index (χ0) is 24.5. The Kier molecular flexibility index (Phi) is 5.95. The van der Waals surface area contributed by atoms with Gasteiger partial charge < -0.3 is 9.47 Å². The number of hydrogen-bond acceptors (Lipinski definition) is 2. The van der Waals surface area contributed by atoms with E-state index in [1.165, 1.54) is 23.1 Å². The number of hydrogen-bond donors (Lipinski definition) is 0. The van der Waals surface area contributed by atoms with Crippen LogP contribution in [0, 0.1) is 5.82 Å². The second-order valence-corrected chi connectivity index (χ2v) is 8.91. The number of anilines is 1. The van der Waals surface area contributed by atoms with E-state index < -0.39 is 5.82 Å². The van der Waals surface area contributed by atoms with Crippen molar-refractivity contribution in [1.82, 2.24) is 9.47 Å². The van der Waals surface area contributed by atoms with Gasteiger partial charge in [-0.15, -0.1) is 0 Å². The molecular formula is C29H26FN3O2. The first-order valence-electron chi connectivity index (χ1n) is 11.7. The molecule has 2 heterocycles. The second kappa shape index (κ2) is 9.22. The molecular weight excluding hydrogens is 441 g/mol. The molecule has 1 unspecified atom stereocenters. The minimum atomic E-state index is -0.485. The second-order valence-electron chi connectivity index (χ2n) is 8.91. The van der Waals surface area contributed by atoms with Crippen molar-refractivity contribution in [2.24, 2.45) is 0 Å². The van der Waals surface area contributed by atoms with E-state index in [1.807, 2.05) is 86.8 Å². The van der Waals surface area contributed by atoms with E-state index in [4.69, 9.17) is 0 Å². The summed E-state index contributed by atoms with van der Waals surface area (Å²) >= 11 is 0. The highest BCUT2D eigenvalue weighted by atomic mass is 19.1. The highest BCUT2D eigenvalue weighted by molar-refractivity contribution is 6.02. The Morgan fingerprint density at radius 1 is 0.886 bits per heavy atom. The molecule has 0 bridgehead atoms. The van der Waals surface area contributed by atoms with Gasteiger partial charge in [0.15, 0.2) is 0 Å². The number of aromatic nitrogens is 1. The third kappa shape index (κ3) is 4.12. The van der Waals surface area contributed by atoms with Crippen LogP contribution in [-0.4, -0.2) is 33.9 Å². The van der Waals surface area contributed by atoms with Crippen molar-refractivity contribution in [3.05, 3.63) is 120 Å². The van der Waals surface area contributed by atoms with Crippen LogP contribution < -0.4 is 4.90 Å². The monoisotopic (exact) mass is 467 g/mol. The molecule has 0 N–H and O–H groups in total. The fraction of sp³-hybridized carbons (Fsp3) is 0.172. The van der Waals surface area contributed by atoms with Crippen molar-refractivity contribution in [3.8, 4) is 5.69 Å². The van der Waals surface area contributed by atoms with Crippen molar-refractivity contribution in [1.29, 1.82) is 0 Å². The van der Waals surface area contributed by atoms with E-state index >= 15 is 0 Å². The van der Waals surface area contributed by atoms with Crippen LogP contribution in [0.4, 0.5) is 10.1 Å². The van der Waals surface area contributed by atoms with Gasteiger partial charge in [0.25, 0.3) is 5.91 Å². The molecule has 5 nitrogen and oxygen atoms in total. The summed E-state index contributed by atoms with van der Waals surface area (Å²) < 4.78 is 15.9. The molecule has 0 saturated heterocycles. The van der Waals surface area contributed by atoms with Crippen molar-refractivity contribution in [2.45, 2.75) is 25.9 Å². The minimum Gasteiger partial charge on any atom is -0.327 e. The average Bonchev–Trinajstić information content (AvgIpc) is 3.36. The van der Waals surface area contributed by atoms with Gasteiger partial charge in [-0.2, -0.15) is 0 Å². The molecule has 176 valence electrons. The van der Waals surface area contributed by atoms with Gasteiger partial charge in [0.05, 0.1) is 17.1 Å². The molecule has 6 heteroatoms. The van der Waals surface area contributed by atoms with E-state index in [2.05, 4.69) is 4.57 Å². The molecule has 35 heavy (non-hydrogen) atoms. The third-order valence-electron chi connectivity index (χ3n) is 6.36. The Balaban J connectivity index is 1.57. The van der Waals surface area contributed by atoms with E-state index in [1.54, 1.807) is 11.0 Å². The average molecular weight is 468 g/mol. The van der Waals surface area contributed by atoms with Crippen LogP contribution in [0.5, 0.6) is 0 Å². The summed E-state index contributed by atoms with van der Waals surface area (Å²) in [5.74, 6) is -1.07. The maximum atomic E-state index is 14.0. The lowest BCUT2D eigenvalue weighted by Gasteiger charge is -2.40. The highest BCUT2D eigenvalue weighted by Gasteiger charge is 2.37. The Bertz CT molecular complexity index is 1380. The first-order chi connectivity index (χ1) is 17.0. The SMILES string of the molecule is CC(C)N(CC(=O)N1c2ccccc2-n2cccc2C1c1ccccc1)C(=O)c1cccc(F)c1. The van der Waals surface area contributed by atoms with E-state index in [0.717, 1.165) is 22.6 Å². The quantitative estimate of drug-likeness (QED) is 0.383. The number of nitrogens with zero attached hydrogens (tertiary/aromatic N) is 3. The molecule has 5 rings (SSSR count). The first kappa shape index (κ1) is 22.6. The molecule has 1 aromatic heterocycles. The lowest BCUT2D eigenvalue weighted by atomic mass is 9.97. The molecule has 4 aromatic rings. The lowest BCUT2D eigenvalue weighted by Crippen LogP contribution is -2.48. The van der Waals surface area contributed by atoms with Gasteiger partial charge in [-0.05, 0) is 61.9 Å². The van der Waals surface area contributed by atoms with Crippen LogP contribution in [-0.2, 0) is 4.79 Å². The Morgan fingerprint density at radius 3 is 2.31 bits per heavy atom. The third-order valence-corrected chi connectivity index (χ3v) is 6.36. The van der Waals surface area contributed by atoms with Crippen molar-refractivity contribution in [3.63, 3.8) is 0 Å². The van der Waals surface area contributed by atoms with Gasteiger partial charge in [0.2, 0.25) is 5.91 Å². The van der Waals surface area contributed by atoms with Crippen LogP contribution in [0.1, 0.15) is 41.5 Å². The number of para-hydroxylation sites is 2. The zero-order valence-corrected chi connectivity index (χ0v) is 19.6. The van der Waals surface area contributed by atoms with Crippen LogP contribution >= 0.6 is 0 Å². The Morgan fingerprint density at radius 2 is 1.60 bits per heavy atom. The summed E-state index contributed by atoms with van der Waals surface area (Å²) in [7, 11) is 0. The van der Waals surface area contributed by atoms with Crippen molar-refractivity contribution < 1.29 is 14.0 Å². The molecule has 1 aliphatic rings. The number of carbonyl (C=O) groups is 2. The molecule has 0 saturated carbocycles. The standard InChI is InChI=1S/C29H26FN3O2/c1-20(2)32(29(35)22-12-8-13-23(30)18-22)19-27(34)33-25-15-7-6-14-24(25)31-17-9-16-26(31)28(33)21-10-4-3-5-11-21/h3-18,20,28H,19H2,1-2H3. The number of benzene rings is 3. The number of carbonyl (C=O) groups excluding carboxylic acids is 2. The van der Waals surface area contributed by atoms with Crippen LogP contribution in [0.3, 0.4) is 0 Å². The summed E-state index contributed by atoms with van der Waals surface area (Å²) in [6, 6.07) is 26.6. The predicted octanol–water partition coefficient (Wildman–Crippen LogP) is 5.60. The van der Waals surface area contributed by atoms with Crippen LogP contribution in [0.2, 0.25) is 0 Å². The number of halogens is 1. The molecule has 2 amide bonds. The highest BCUT2D eigenvalue weighted by Crippen LogP contribution is 2.42. The maximum absolute atomic E-state index is 14.0. The van der Waals surface area contributed by atoms with E-state index in [9.17, 15) is 14.0 Å². The molecule has 0 radical (unpaired) electrons. The minimum absolute atomic E-state index is 0.134. The number of rotatable bonds is 5. The molecule has 3 aromatic carbocycles. The number of amides is 2. The Labute approximate surface area is 204 Å². The van der Waals surface area contributed by atoms with Crippen molar-refractivity contribution in [2.75, 3.05) is 11.4 Å². The van der Waals surface area contributed by atoms with Gasteiger partial charge in [0.1, 0.15) is 18.4 Å². The normalized spacial score (nSPS) is 14.4. The molecule has 1 atom stereocenters. The van der Waals surface area contributed by atoms with Gasteiger partial charge in [0, 0.05) is 17.8 Å². The van der Waals surface area contributed by atoms with Crippen molar-refractivity contribution >= 4 is 17.5 Å². The largest absolute Gasteiger partial charge is 0.327 e. The van der Waals surface area contributed by atoms with Crippen LogP contribution in [0.25, 0.3) is 5.69 Å². The summed E-state index contributed by atoms with van der Waals surface area (Å²) in [5, 5.41) is 0. The van der Waals surface area contributed by atoms with E-state index in [0.29, 0.717) is 0 Å². The number of fused-ring (bicyclic) bond motifs is 3. The molecule has 0 fully saturated rings. The summed E-state index contributed by atoms with van der Waals surface area (Å²) in [4.78, 5) is 30.6. The predicted molar refractivity (Wildman–Crippen MR) is 134 cm³/mol. The van der Waals surface area contributed by atoms with Gasteiger partial charge in [-0.1, -0.05) is 48.5 Å². The smallest absolute Gasteiger partial charge is 0.254 e. The van der Waals surface area contributed by atoms with Gasteiger partial charge in [-0.3, -0.25) is 14.5 Å². The summed E-state index contributed by atoms with van der Waals surface area (Å²) in [6.07, 6.45) is 2.00. The summed E-state index contributed by atoms with van der Waals surface area (Å²) in [5.41, 5.74) is 3.84. The maximum Gasteiger partial charge on any atom is 0.254 e. The fourth-order valence-electron chi connectivity index (χ4n) is 4.71. The molecule has 0 aliphatic carbocycles. The van der Waals surface area contributed by atoms with E-state index in [-0.39, 0.29) is 36.0 Å². The topological polar surface area (TPSA) is 45.6 Å². The lowest BCUT2D eigenvalue weighted by molar-refractivity contribution is -0.120. The Hall–Kier alpha value is -4.19. The van der Waals surface area contributed by atoms with Gasteiger partial charge in [-0.25, -0.2) is 4.39 Å². The molecule has 1 aliphatic heterocycles. The molecule has 0 spiro atoms. The fourth-order valence-corrected chi connectivity index (χ4v) is 4.71. The first-order valence-corrected chi connectivity index (χ1v) is 11.7. The summed E-state index contributed by atoms with van der Waals surface area (Å²) in [6.45, 7) is 3.58. The zero-order valence-electron chi connectivity index (χ0n) is 19.6. The van der Waals surface area contributed by atoms with Gasteiger partial charge >= 0.3 is 0 Å².